The summed E-state index contributed by atoms with van der Waals surface area (Å²) in [5.74, 6) is 1.14. The number of benzene rings is 2. The van der Waals surface area contributed by atoms with Crippen molar-refractivity contribution >= 4 is 10.8 Å². The number of nitrogens with zero attached hydrogens (tertiary/aromatic N) is 1. The van der Waals surface area contributed by atoms with Gasteiger partial charge in [0.05, 0.1) is 0 Å². The van der Waals surface area contributed by atoms with E-state index < -0.39 is 0 Å². The smallest absolute Gasteiger partial charge is 0.116 e. The zero-order valence-corrected chi connectivity index (χ0v) is 13.7. The lowest BCUT2D eigenvalue weighted by molar-refractivity contribution is 0.125. The number of phenols is 1. The van der Waals surface area contributed by atoms with Crippen molar-refractivity contribution in [2.45, 2.75) is 31.7 Å². The fourth-order valence-electron chi connectivity index (χ4n) is 4.45. The van der Waals surface area contributed by atoms with E-state index in [-0.39, 0.29) is 0 Å². The summed E-state index contributed by atoms with van der Waals surface area (Å²) >= 11 is 0. The Morgan fingerprint density at radius 1 is 0.957 bits per heavy atom. The van der Waals surface area contributed by atoms with Crippen molar-refractivity contribution in [1.29, 1.82) is 0 Å². The van der Waals surface area contributed by atoms with Crippen molar-refractivity contribution < 1.29 is 5.11 Å². The number of piperazine rings is 1. The second-order valence-corrected chi connectivity index (χ2v) is 7.07. The molecule has 0 bridgehead atoms. The van der Waals surface area contributed by atoms with Gasteiger partial charge in [0.1, 0.15) is 5.75 Å². The van der Waals surface area contributed by atoms with Crippen LogP contribution < -0.4 is 5.32 Å². The Bertz CT molecular complexity index is 672. The maximum atomic E-state index is 9.67. The van der Waals surface area contributed by atoms with Gasteiger partial charge in [-0.25, -0.2) is 0 Å². The van der Waals surface area contributed by atoms with Crippen molar-refractivity contribution in [2.24, 2.45) is 5.92 Å². The van der Waals surface area contributed by atoms with E-state index >= 15 is 0 Å². The third-order valence-electron chi connectivity index (χ3n) is 5.58. The molecule has 4 rings (SSSR count). The third kappa shape index (κ3) is 3.08. The number of phenolic OH excluding ortho intramolecular Hbond substituents is 1. The molecule has 0 unspecified atom stereocenters. The predicted octanol–water partition coefficient (Wildman–Crippen LogP) is 3.68. The zero-order chi connectivity index (χ0) is 15.6. The van der Waals surface area contributed by atoms with Gasteiger partial charge in [0.25, 0.3) is 0 Å². The van der Waals surface area contributed by atoms with Crippen LogP contribution in [0.1, 0.15) is 37.3 Å². The maximum absolute atomic E-state index is 9.67. The van der Waals surface area contributed by atoms with E-state index in [2.05, 4.69) is 28.4 Å². The summed E-state index contributed by atoms with van der Waals surface area (Å²) in [6.45, 7) is 4.50. The largest absolute Gasteiger partial charge is 0.508 e. The number of hydrogen-bond acceptors (Lipinski definition) is 3. The minimum atomic E-state index is 0.347. The fourth-order valence-corrected chi connectivity index (χ4v) is 4.45. The average Bonchev–Trinajstić information content (AvgIpc) is 3.10. The van der Waals surface area contributed by atoms with Gasteiger partial charge in [-0.1, -0.05) is 31.0 Å². The Balaban J connectivity index is 1.70. The molecule has 1 saturated heterocycles. The molecule has 2 N–H and O–H groups in total. The second kappa shape index (κ2) is 6.50. The van der Waals surface area contributed by atoms with Crippen LogP contribution in [0.15, 0.2) is 36.4 Å². The molecule has 0 amide bonds. The molecule has 1 saturated carbocycles. The number of hydrogen-bond donors (Lipinski definition) is 2. The first-order valence-corrected chi connectivity index (χ1v) is 8.99. The molecular formula is C20H26N2O. The molecule has 23 heavy (non-hydrogen) atoms. The molecule has 1 heterocycles. The summed E-state index contributed by atoms with van der Waals surface area (Å²) in [5, 5.41) is 15.5. The molecule has 0 radical (unpaired) electrons. The van der Waals surface area contributed by atoms with E-state index in [1.807, 2.05) is 12.1 Å². The van der Waals surface area contributed by atoms with Gasteiger partial charge in [-0.15, -0.1) is 0 Å². The lowest BCUT2D eigenvalue weighted by Gasteiger charge is -2.38. The monoisotopic (exact) mass is 310 g/mol. The summed E-state index contributed by atoms with van der Waals surface area (Å²) in [4.78, 5) is 2.69. The first kappa shape index (κ1) is 15.0. The zero-order valence-electron chi connectivity index (χ0n) is 13.7. The van der Waals surface area contributed by atoms with Gasteiger partial charge < -0.3 is 10.4 Å². The first-order chi connectivity index (χ1) is 11.3. The van der Waals surface area contributed by atoms with Crippen molar-refractivity contribution in [1.82, 2.24) is 10.2 Å². The van der Waals surface area contributed by atoms with Crippen LogP contribution in [-0.4, -0.2) is 36.2 Å². The molecule has 2 aromatic rings. The molecule has 3 heteroatoms. The Hall–Kier alpha value is -1.58. The van der Waals surface area contributed by atoms with Gasteiger partial charge >= 0.3 is 0 Å². The number of rotatable bonds is 3. The summed E-state index contributed by atoms with van der Waals surface area (Å²) in [6.07, 6.45) is 5.49. The Morgan fingerprint density at radius 3 is 2.43 bits per heavy atom. The highest BCUT2D eigenvalue weighted by atomic mass is 16.3. The predicted molar refractivity (Wildman–Crippen MR) is 94.8 cm³/mol. The van der Waals surface area contributed by atoms with Crippen LogP contribution in [0, 0.1) is 5.92 Å². The molecule has 0 spiro atoms. The number of fused-ring (bicyclic) bond motifs is 1. The Labute approximate surface area is 138 Å². The minimum Gasteiger partial charge on any atom is -0.508 e. The molecule has 2 fully saturated rings. The van der Waals surface area contributed by atoms with Gasteiger partial charge in [0.15, 0.2) is 0 Å². The van der Waals surface area contributed by atoms with Crippen molar-refractivity contribution in [3.8, 4) is 5.75 Å². The number of nitrogens with one attached hydrogen (secondary N) is 1. The SMILES string of the molecule is Oc1ccc2cc([C@H](C3CCCC3)N3CCNCC3)ccc2c1. The molecule has 1 aliphatic carbocycles. The summed E-state index contributed by atoms with van der Waals surface area (Å²) in [6, 6.07) is 13.0. The van der Waals surface area contributed by atoms with E-state index in [9.17, 15) is 5.11 Å². The van der Waals surface area contributed by atoms with Crippen LogP contribution in [0.3, 0.4) is 0 Å². The van der Waals surface area contributed by atoms with Crippen LogP contribution in [0.25, 0.3) is 10.8 Å². The van der Waals surface area contributed by atoms with E-state index in [0.29, 0.717) is 11.8 Å². The highest BCUT2D eigenvalue weighted by molar-refractivity contribution is 5.84. The minimum absolute atomic E-state index is 0.347. The molecule has 2 aromatic carbocycles. The third-order valence-corrected chi connectivity index (χ3v) is 5.58. The molecule has 3 nitrogen and oxygen atoms in total. The van der Waals surface area contributed by atoms with Crippen LogP contribution in [0.2, 0.25) is 0 Å². The molecule has 1 atom stereocenters. The maximum Gasteiger partial charge on any atom is 0.116 e. The van der Waals surface area contributed by atoms with Gasteiger partial charge in [-0.3, -0.25) is 4.90 Å². The van der Waals surface area contributed by atoms with Gasteiger partial charge in [0, 0.05) is 32.2 Å². The van der Waals surface area contributed by atoms with Crippen LogP contribution in [-0.2, 0) is 0 Å². The van der Waals surface area contributed by atoms with Crippen LogP contribution in [0.5, 0.6) is 5.75 Å². The summed E-state index contributed by atoms with van der Waals surface area (Å²) < 4.78 is 0. The van der Waals surface area contributed by atoms with Crippen LogP contribution >= 0.6 is 0 Å². The summed E-state index contributed by atoms with van der Waals surface area (Å²) in [7, 11) is 0. The molecule has 1 aliphatic heterocycles. The van der Waals surface area contributed by atoms with E-state index in [4.69, 9.17) is 0 Å². The first-order valence-electron chi connectivity index (χ1n) is 8.99. The lowest BCUT2D eigenvalue weighted by atomic mass is 9.88. The Kier molecular flexibility index (Phi) is 4.23. The normalized spacial score (nSPS) is 21.7. The Morgan fingerprint density at radius 2 is 1.65 bits per heavy atom. The van der Waals surface area contributed by atoms with Crippen molar-refractivity contribution in [3.05, 3.63) is 42.0 Å². The topological polar surface area (TPSA) is 35.5 Å². The molecule has 0 aromatic heterocycles. The van der Waals surface area contributed by atoms with Crippen LogP contribution in [0.4, 0.5) is 0 Å². The van der Waals surface area contributed by atoms with Gasteiger partial charge in [-0.05, 0) is 53.3 Å². The highest BCUT2D eigenvalue weighted by Crippen LogP contribution is 2.40. The molecular weight excluding hydrogens is 284 g/mol. The fraction of sp³-hybridized carbons (Fsp3) is 0.500. The highest BCUT2D eigenvalue weighted by Gasteiger charge is 2.31. The molecule has 2 aliphatic rings. The number of aromatic hydroxyl groups is 1. The summed E-state index contributed by atoms with van der Waals surface area (Å²) in [5.41, 5.74) is 1.46. The van der Waals surface area contributed by atoms with Crippen molar-refractivity contribution in [3.63, 3.8) is 0 Å². The van der Waals surface area contributed by atoms with Gasteiger partial charge in [-0.2, -0.15) is 0 Å². The molecule has 122 valence electrons. The lowest BCUT2D eigenvalue weighted by Crippen LogP contribution is -2.46. The van der Waals surface area contributed by atoms with Crippen molar-refractivity contribution in [2.75, 3.05) is 26.2 Å². The van der Waals surface area contributed by atoms with Gasteiger partial charge in [0.2, 0.25) is 0 Å². The van der Waals surface area contributed by atoms with E-state index in [1.165, 1.54) is 36.6 Å². The van der Waals surface area contributed by atoms with E-state index in [1.54, 1.807) is 6.07 Å². The standard InChI is InChI=1S/C20H26N2O/c23-19-8-7-16-13-18(6-5-17(16)14-19)20(15-3-1-2-4-15)22-11-9-21-10-12-22/h5-8,13-15,20-21,23H,1-4,9-12H2/t20-/m0/s1. The average molecular weight is 310 g/mol. The second-order valence-electron chi connectivity index (χ2n) is 7.07. The quantitative estimate of drug-likeness (QED) is 0.908. The van der Waals surface area contributed by atoms with E-state index in [0.717, 1.165) is 37.5 Å².